The third-order valence-corrected chi connectivity index (χ3v) is 8.73. The summed E-state index contributed by atoms with van der Waals surface area (Å²) in [6.45, 7) is 0.586. The zero-order chi connectivity index (χ0) is 28.8. The van der Waals surface area contributed by atoms with Crippen LogP contribution in [-0.4, -0.2) is 20.7 Å². The van der Waals surface area contributed by atoms with Crippen LogP contribution in [0.15, 0.2) is 102 Å². The van der Waals surface area contributed by atoms with Crippen molar-refractivity contribution in [1.29, 1.82) is 0 Å². The highest BCUT2D eigenvalue weighted by atomic mass is 35.5. The maximum absolute atomic E-state index is 13.7. The van der Waals surface area contributed by atoms with Crippen molar-refractivity contribution in [2.45, 2.75) is 36.0 Å². The molecular formula is C30H24ClF3N4OS2. The van der Waals surface area contributed by atoms with Gasteiger partial charge in [0.1, 0.15) is 11.1 Å². The van der Waals surface area contributed by atoms with Crippen molar-refractivity contribution < 1.29 is 18.0 Å². The summed E-state index contributed by atoms with van der Waals surface area (Å²) < 4.78 is 42.1. The van der Waals surface area contributed by atoms with Gasteiger partial charge in [0.15, 0.2) is 5.16 Å². The first-order valence-electron chi connectivity index (χ1n) is 12.7. The lowest BCUT2D eigenvalue weighted by molar-refractivity contribution is -0.137. The largest absolute Gasteiger partial charge is 0.416 e. The molecule has 0 saturated carbocycles. The van der Waals surface area contributed by atoms with E-state index in [4.69, 9.17) is 11.6 Å². The molecule has 3 aromatic carbocycles. The van der Waals surface area contributed by atoms with Gasteiger partial charge in [-0.3, -0.25) is 4.79 Å². The number of amides is 1. The van der Waals surface area contributed by atoms with Gasteiger partial charge in [-0.2, -0.15) is 13.2 Å². The Morgan fingerprint density at radius 3 is 2.39 bits per heavy atom. The number of rotatable bonds is 10. The molecule has 41 heavy (non-hydrogen) atoms. The van der Waals surface area contributed by atoms with Gasteiger partial charge in [-0.15, -0.1) is 21.5 Å². The van der Waals surface area contributed by atoms with E-state index >= 15 is 0 Å². The van der Waals surface area contributed by atoms with Crippen molar-refractivity contribution in [2.24, 2.45) is 0 Å². The number of aryl methyl sites for hydroxylation is 1. The van der Waals surface area contributed by atoms with Gasteiger partial charge in [0.25, 0.3) is 0 Å². The Morgan fingerprint density at radius 1 is 0.976 bits per heavy atom. The molecule has 5 nitrogen and oxygen atoms in total. The molecule has 0 radical (unpaired) electrons. The maximum atomic E-state index is 13.7. The monoisotopic (exact) mass is 612 g/mol. The van der Waals surface area contributed by atoms with Crippen molar-refractivity contribution in [3.63, 3.8) is 0 Å². The van der Waals surface area contributed by atoms with Crippen LogP contribution in [0.4, 0.5) is 18.9 Å². The summed E-state index contributed by atoms with van der Waals surface area (Å²) in [7, 11) is 0. The predicted octanol–water partition coefficient (Wildman–Crippen LogP) is 8.32. The second-order valence-corrected chi connectivity index (χ2v) is 11.6. The lowest BCUT2D eigenvalue weighted by Crippen LogP contribution is -2.20. The Hall–Kier alpha value is -3.60. The van der Waals surface area contributed by atoms with E-state index in [0.29, 0.717) is 23.7 Å². The van der Waals surface area contributed by atoms with Crippen LogP contribution in [-0.2, 0) is 30.4 Å². The summed E-state index contributed by atoms with van der Waals surface area (Å²) in [6.07, 6.45) is -3.26. The summed E-state index contributed by atoms with van der Waals surface area (Å²) in [6, 6.07) is 25.9. The highest BCUT2D eigenvalue weighted by molar-refractivity contribution is 8.00. The molecule has 1 N–H and O–H groups in total. The molecular weight excluding hydrogens is 589 g/mol. The third kappa shape index (κ3) is 7.38. The van der Waals surface area contributed by atoms with E-state index in [2.05, 4.69) is 27.6 Å². The quantitative estimate of drug-likeness (QED) is 0.161. The van der Waals surface area contributed by atoms with Gasteiger partial charge < -0.3 is 9.88 Å². The van der Waals surface area contributed by atoms with E-state index in [9.17, 15) is 18.0 Å². The number of thioether (sulfide) groups is 1. The van der Waals surface area contributed by atoms with Crippen LogP contribution in [0.5, 0.6) is 0 Å². The average molecular weight is 613 g/mol. The van der Waals surface area contributed by atoms with E-state index in [-0.39, 0.29) is 10.7 Å². The van der Waals surface area contributed by atoms with Gasteiger partial charge in [0, 0.05) is 17.8 Å². The van der Waals surface area contributed by atoms with Crippen LogP contribution in [0.25, 0.3) is 0 Å². The number of benzene rings is 3. The summed E-state index contributed by atoms with van der Waals surface area (Å²) in [5.41, 5.74) is 0.795. The van der Waals surface area contributed by atoms with Gasteiger partial charge in [-0.25, -0.2) is 0 Å². The Labute approximate surface area is 248 Å². The minimum atomic E-state index is -4.58. The molecule has 0 aliphatic heterocycles. The first-order chi connectivity index (χ1) is 19.8. The normalized spacial score (nSPS) is 12.3. The zero-order valence-corrected chi connectivity index (χ0v) is 23.9. The maximum Gasteiger partial charge on any atom is 0.416 e. The third-order valence-electron chi connectivity index (χ3n) is 6.29. The number of thiophene rings is 1. The zero-order valence-electron chi connectivity index (χ0n) is 21.5. The fourth-order valence-corrected chi connectivity index (χ4v) is 6.17. The van der Waals surface area contributed by atoms with E-state index in [1.54, 1.807) is 35.6 Å². The van der Waals surface area contributed by atoms with Gasteiger partial charge in [0.2, 0.25) is 5.91 Å². The number of halogens is 4. The van der Waals surface area contributed by atoms with Crippen LogP contribution < -0.4 is 5.32 Å². The SMILES string of the molecule is O=C(Nc1cc(C(F)(F)F)ccc1Cl)[C@H](Sc1nnc(Cc2cccs2)n1CCc1ccccc1)c1ccccc1. The molecule has 11 heteroatoms. The Morgan fingerprint density at radius 2 is 1.71 bits per heavy atom. The number of hydrogen-bond donors (Lipinski definition) is 1. The summed E-state index contributed by atoms with van der Waals surface area (Å²) in [5, 5.41) is 13.2. The molecule has 0 spiro atoms. The summed E-state index contributed by atoms with van der Waals surface area (Å²) in [4.78, 5) is 14.8. The number of anilines is 1. The number of nitrogens with zero attached hydrogens (tertiary/aromatic N) is 3. The number of aromatic nitrogens is 3. The highest BCUT2D eigenvalue weighted by Crippen LogP contribution is 2.38. The molecule has 5 aromatic rings. The fourth-order valence-electron chi connectivity index (χ4n) is 4.22. The average Bonchev–Trinajstić information content (AvgIpc) is 3.62. The first-order valence-corrected chi connectivity index (χ1v) is 14.8. The molecule has 1 amide bonds. The second kappa shape index (κ2) is 12.9. The highest BCUT2D eigenvalue weighted by Gasteiger charge is 2.32. The molecule has 5 rings (SSSR count). The van der Waals surface area contributed by atoms with Gasteiger partial charge in [-0.1, -0.05) is 90.1 Å². The van der Waals surface area contributed by atoms with Crippen molar-refractivity contribution in [3.05, 3.63) is 129 Å². The molecule has 0 aliphatic carbocycles. The minimum absolute atomic E-state index is 0.00687. The van der Waals surface area contributed by atoms with E-state index < -0.39 is 22.9 Å². The number of nitrogens with one attached hydrogen (secondary N) is 1. The molecule has 2 aromatic heterocycles. The molecule has 0 fully saturated rings. The first kappa shape index (κ1) is 28.9. The van der Waals surface area contributed by atoms with Gasteiger partial charge in [0.05, 0.1) is 16.3 Å². The van der Waals surface area contributed by atoms with Gasteiger partial charge >= 0.3 is 6.18 Å². The molecule has 2 heterocycles. The molecule has 210 valence electrons. The van der Waals surface area contributed by atoms with Crippen LogP contribution in [0.2, 0.25) is 5.02 Å². The minimum Gasteiger partial charge on any atom is -0.323 e. The van der Waals surface area contributed by atoms with Crippen LogP contribution in [0.3, 0.4) is 0 Å². The summed E-state index contributed by atoms with van der Waals surface area (Å²) in [5.74, 6) is 0.235. The Kier molecular flexibility index (Phi) is 9.12. The predicted molar refractivity (Wildman–Crippen MR) is 157 cm³/mol. The lowest BCUT2D eigenvalue weighted by atomic mass is 10.1. The van der Waals surface area contributed by atoms with Gasteiger partial charge in [-0.05, 0) is 47.2 Å². The van der Waals surface area contributed by atoms with Crippen LogP contribution in [0, 0.1) is 0 Å². The van der Waals surface area contributed by atoms with Crippen molar-refractivity contribution in [2.75, 3.05) is 5.32 Å². The van der Waals surface area contributed by atoms with Crippen LogP contribution in [0.1, 0.15) is 32.6 Å². The van der Waals surface area contributed by atoms with Crippen molar-refractivity contribution >= 4 is 46.3 Å². The lowest BCUT2D eigenvalue weighted by Gasteiger charge is -2.19. The molecule has 0 saturated heterocycles. The standard InChI is InChI=1S/C30H24ClF3N4OS2/c31-24-14-13-22(30(32,33)34)18-25(24)35-28(39)27(21-10-5-2-6-11-21)41-29-37-36-26(19-23-12-7-17-40-23)38(29)16-15-20-8-3-1-4-9-20/h1-14,17-18,27H,15-16,19H2,(H,35,39)/t27-/m1/s1. The van der Waals surface area contributed by atoms with Crippen molar-refractivity contribution in [3.8, 4) is 0 Å². The number of carbonyl (C=O) groups is 1. The number of carbonyl (C=O) groups excluding carboxylic acids is 1. The molecule has 1 atom stereocenters. The van der Waals surface area contributed by atoms with Crippen molar-refractivity contribution in [1.82, 2.24) is 14.8 Å². The molecule has 0 aliphatic rings. The Balaban J connectivity index is 1.46. The second-order valence-electron chi connectivity index (χ2n) is 9.13. The molecule has 0 unspecified atom stereocenters. The van der Waals surface area contributed by atoms with E-state index in [1.807, 2.05) is 46.3 Å². The molecule has 0 bridgehead atoms. The smallest absolute Gasteiger partial charge is 0.323 e. The van der Waals surface area contributed by atoms with E-state index in [1.165, 1.54) is 11.8 Å². The Bertz CT molecular complexity index is 1590. The fraction of sp³-hybridized carbons (Fsp3) is 0.167. The number of hydrogen-bond acceptors (Lipinski definition) is 5. The number of alkyl halides is 3. The topological polar surface area (TPSA) is 59.8 Å². The van der Waals surface area contributed by atoms with Crippen LogP contribution >= 0.6 is 34.7 Å². The summed E-state index contributed by atoms with van der Waals surface area (Å²) >= 11 is 9.00. The van der Waals surface area contributed by atoms with E-state index in [0.717, 1.165) is 40.9 Å².